The van der Waals surface area contributed by atoms with Gasteiger partial charge in [0.05, 0.1) is 0 Å². The molecular formula is C13H20ClN. The molecule has 2 heteroatoms. The van der Waals surface area contributed by atoms with Crippen molar-refractivity contribution in [1.82, 2.24) is 0 Å². The third kappa shape index (κ3) is 4.67. The van der Waals surface area contributed by atoms with Crippen molar-refractivity contribution >= 4 is 11.6 Å². The molecule has 0 radical (unpaired) electrons. The van der Waals surface area contributed by atoms with Crippen LogP contribution in [0.1, 0.15) is 44.7 Å². The number of hydrogen-bond donors (Lipinski definition) is 1. The Hall–Kier alpha value is -0.530. The molecule has 0 saturated carbocycles. The first kappa shape index (κ1) is 12.5. The first-order valence-electron chi connectivity index (χ1n) is 5.60. The van der Waals surface area contributed by atoms with Gasteiger partial charge in [0, 0.05) is 11.1 Å². The summed E-state index contributed by atoms with van der Waals surface area (Å²) in [6.45, 7) is 4.48. The summed E-state index contributed by atoms with van der Waals surface area (Å²) in [7, 11) is 0. The number of nitrogens with two attached hydrogens (primary N) is 1. The highest BCUT2D eigenvalue weighted by Gasteiger charge is 2.06. The molecular weight excluding hydrogens is 206 g/mol. The van der Waals surface area contributed by atoms with Crippen LogP contribution in [0, 0.1) is 5.92 Å². The molecule has 0 aliphatic heterocycles. The van der Waals surface area contributed by atoms with E-state index in [2.05, 4.69) is 13.8 Å². The van der Waals surface area contributed by atoms with Crippen molar-refractivity contribution in [2.75, 3.05) is 0 Å². The Kier molecular flexibility index (Phi) is 5.13. The van der Waals surface area contributed by atoms with Gasteiger partial charge in [0.15, 0.2) is 0 Å². The third-order valence-corrected chi connectivity index (χ3v) is 2.81. The fourth-order valence-electron chi connectivity index (χ4n) is 1.65. The third-order valence-electron chi connectivity index (χ3n) is 2.57. The van der Waals surface area contributed by atoms with Crippen LogP contribution < -0.4 is 5.73 Å². The highest BCUT2D eigenvalue weighted by atomic mass is 35.5. The lowest BCUT2D eigenvalue weighted by Crippen LogP contribution is -2.10. The second kappa shape index (κ2) is 6.14. The zero-order valence-electron chi connectivity index (χ0n) is 9.54. The minimum absolute atomic E-state index is 0.127. The minimum Gasteiger partial charge on any atom is -0.324 e. The Morgan fingerprint density at radius 1 is 1.27 bits per heavy atom. The number of benzene rings is 1. The highest BCUT2D eigenvalue weighted by Crippen LogP contribution is 2.21. The van der Waals surface area contributed by atoms with E-state index >= 15 is 0 Å². The van der Waals surface area contributed by atoms with Gasteiger partial charge in [0.25, 0.3) is 0 Å². The van der Waals surface area contributed by atoms with E-state index in [-0.39, 0.29) is 6.04 Å². The molecule has 0 fully saturated rings. The summed E-state index contributed by atoms with van der Waals surface area (Å²) in [5, 5.41) is 0.770. The highest BCUT2D eigenvalue weighted by molar-refractivity contribution is 6.30. The number of hydrogen-bond acceptors (Lipinski definition) is 1. The zero-order valence-corrected chi connectivity index (χ0v) is 10.3. The van der Waals surface area contributed by atoms with Gasteiger partial charge in [0.1, 0.15) is 0 Å². The van der Waals surface area contributed by atoms with Gasteiger partial charge < -0.3 is 5.73 Å². The molecule has 1 unspecified atom stereocenters. The Bertz CT molecular complexity index is 296. The molecule has 1 aromatic carbocycles. The molecule has 1 rings (SSSR count). The lowest BCUT2D eigenvalue weighted by atomic mass is 9.99. The summed E-state index contributed by atoms with van der Waals surface area (Å²) >= 11 is 5.92. The second-order valence-electron chi connectivity index (χ2n) is 4.49. The predicted molar refractivity (Wildman–Crippen MR) is 67.1 cm³/mol. The average Bonchev–Trinajstić information content (AvgIpc) is 2.17. The maximum atomic E-state index is 6.09. The van der Waals surface area contributed by atoms with Crippen LogP contribution in [0.3, 0.4) is 0 Å². The molecule has 0 aliphatic rings. The van der Waals surface area contributed by atoms with Crippen LogP contribution in [-0.4, -0.2) is 0 Å². The van der Waals surface area contributed by atoms with Crippen LogP contribution in [0.25, 0.3) is 0 Å². The zero-order chi connectivity index (χ0) is 11.3. The lowest BCUT2D eigenvalue weighted by molar-refractivity contribution is 0.505. The minimum atomic E-state index is 0.127. The van der Waals surface area contributed by atoms with E-state index in [9.17, 15) is 0 Å². The summed E-state index contributed by atoms with van der Waals surface area (Å²) in [4.78, 5) is 0. The van der Waals surface area contributed by atoms with Crippen molar-refractivity contribution in [3.63, 3.8) is 0 Å². The molecule has 0 amide bonds. The molecule has 2 N–H and O–H groups in total. The second-order valence-corrected chi connectivity index (χ2v) is 4.92. The summed E-state index contributed by atoms with van der Waals surface area (Å²) < 4.78 is 0. The lowest BCUT2D eigenvalue weighted by Gasteiger charge is -2.13. The molecule has 0 heterocycles. The fraction of sp³-hybridized carbons (Fsp3) is 0.538. The number of halogens is 1. The van der Waals surface area contributed by atoms with Gasteiger partial charge in [-0.05, 0) is 30.0 Å². The van der Waals surface area contributed by atoms with E-state index in [0.717, 1.165) is 22.9 Å². The summed E-state index contributed by atoms with van der Waals surface area (Å²) in [6, 6.07) is 7.97. The smallest absolute Gasteiger partial charge is 0.0409 e. The van der Waals surface area contributed by atoms with Crippen molar-refractivity contribution in [2.45, 2.75) is 39.2 Å². The summed E-state index contributed by atoms with van der Waals surface area (Å²) in [5.74, 6) is 0.761. The molecule has 0 saturated heterocycles. The standard InChI is InChI=1S/C13H20ClN/c1-10(2)5-3-8-13(15)11-6-4-7-12(14)9-11/h4,6-7,9-10,13H,3,5,8,15H2,1-2H3. The Morgan fingerprint density at radius 3 is 2.60 bits per heavy atom. The van der Waals surface area contributed by atoms with E-state index in [1.807, 2.05) is 24.3 Å². The van der Waals surface area contributed by atoms with E-state index < -0.39 is 0 Å². The van der Waals surface area contributed by atoms with Crippen LogP contribution in [0.4, 0.5) is 0 Å². The van der Waals surface area contributed by atoms with E-state index in [0.29, 0.717) is 0 Å². The summed E-state index contributed by atoms with van der Waals surface area (Å²) in [5.41, 5.74) is 7.24. The Labute approximate surface area is 97.6 Å². The van der Waals surface area contributed by atoms with Gasteiger partial charge in [-0.1, -0.05) is 50.4 Å². The Balaban J connectivity index is 2.43. The fourth-order valence-corrected chi connectivity index (χ4v) is 1.85. The van der Waals surface area contributed by atoms with Crippen molar-refractivity contribution in [1.29, 1.82) is 0 Å². The first-order chi connectivity index (χ1) is 7.09. The van der Waals surface area contributed by atoms with Crippen LogP contribution in [0.2, 0.25) is 5.02 Å². The largest absolute Gasteiger partial charge is 0.324 e. The SMILES string of the molecule is CC(C)CCCC(N)c1cccc(Cl)c1. The van der Waals surface area contributed by atoms with E-state index in [1.54, 1.807) is 0 Å². The monoisotopic (exact) mass is 225 g/mol. The van der Waals surface area contributed by atoms with Crippen molar-refractivity contribution < 1.29 is 0 Å². The van der Waals surface area contributed by atoms with Crippen LogP contribution in [-0.2, 0) is 0 Å². The van der Waals surface area contributed by atoms with E-state index in [4.69, 9.17) is 17.3 Å². The van der Waals surface area contributed by atoms with E-state index in [1.165, 1.54) is 12.8 Å². The maximum absolute atomic E-state index is 6.09. The number of rotatable bonds is 5. The molecule has 1 aromatic rings. The van der Waals surface area contributed by atoms with Gasteiger partial charge in [-0.15, -0.1) is 0 Å². The van der Waals surface area contributed by atoms with Crippen molar-refractivity contribution in [2.24, 2.45) is 11.7 Å². The van der Waals surface area contributed by atoms with Gasteiger partial charge in [-0.25, -0.2) is 0 Å². The molecule has 0 aromatic heterocycles. The van der Waals surface area contributed by atoms with Gasteiger partial charge in [-0.2, -0.15) is 0 Å². The average molecular weight is 226 g/mol. The normalized spacial score (nSPS) is 13.1. The topological polar surface area (TPSA) is 26.0 Å². The molecule has 0 spiro atoms. The van der Waals surface area contributed by atoms with Crippen LogP contribution in [0.15, 0.2) is 24.3 Å². The quantitative estimate of drug-likeness (QED) is 0.800. The Morgan fingerprint density at radius 2 is 2.00 bits per heavy atom. The van der Waals surface area contributed by atoms with Crippen LogP contribution >= 0.6 is 11.6 Å². The van der Waals surface area contributed by atoms with Gasteiger partial charge >= 0.3 is 0 Å². The molecule has 15 heavy (non-hydrogen) atoms. The molecule has 1 atom stereocenters. The maximum Gasteiger partial charge on any atom is 0.0409 e. The van der Waals surface area contributed by atoms with Crippen molar-refractivity contribution in [3.8, 4) is 0 Å². The first-order valence-corrected chi connectivity index (χ1v) is 5.98. The van der Waals surface area contributed by atoms with Gasteiger partial charge in [0.2, 0.25) is 0 Å². The van der Waals surface area contributed by atoms with Gasteiger partial charge in [-0.3, -0.25) is 0 Å². The van der Waals surface area contributed by atoms with Crippen LogP contribution in [0.5, 0.6) is 0 Å². The molecule has 0 bridgehead atoms. The van der Waals surface area contributed by atoms with Crippen molar-refractivity contribution in [3.05, 3.63) is 34.9 Å². The molecule has 1 nitrogen and oxygen atoms in total. The molecule has 84 valence electrons. The summed E-state index contributed by atoms with van der Waals surface area (Å²) in [6.07, 6.45) is 3.47. The predicted octanol–water partition coefficient (Wildman–Crippen LogP) is 4.17. The molecule has 0 aliphatic carbocycles.